The lowest BCUT2D eigenvalue weighted by Crippen LogP contribution is -2.41. The number of carbonyl (C=O) groups excluding carboxylic acids is 1. The highest BCUT2D eigenvalue weighted by atomic mass is 35.5. The number of aromatic nitrogens is 3. The van der Waals surface area contributed by atoms with Crippen molar-refractivity contribution in [2.45, 2.75) is 18.6 Å². The minimum atomic E-state index is -1.08. The summed E-state index contributed by atoms with van der Waals surface area (Å²) in [6.07, 6.45) is 1.10. The van der Waals surface area contributed by atoms with E-state index in [2.05, 4.69) is 9.97 Å². The maximum atomic E-state index is 14.7. The molecule has 1 saturated heterocycles. The van der Waals surface area contributed by atoms with E-state index in [-0.39, 0.29) is 11.2 Å². The summed E-state index contributed by atoms with van der Waals surface area (Å²) in [5.41, 5.74) is 0.922. The van der Waals surface area contributed by atoms with Crippen molar-refractivity contribution in [1.82, 2.24) is 24.3 Å². The van der Waals surface area contributed by atoms with Gasteiger partial charge in [-0.05, 0) is 31.1 Å². The summed E-state index contributed by atoms with van der Waals surface area (Å²) < 4.78 is 16.4. The lowest BCUT2D eigenvalue weighted by molar-refractivity contribution is 0.0788. The molecule has 1 fully saturated rings. The normalized spacial score (nSPS) is 22.5. The van der Waals surface area contributed by atoms with Crippen LogP contribution in [0.3, 0.4) is 0 Å². The van der Waals surface area contributed by atoms with Crippen LogP contribution in [0.15, 0.2) is 12.3 Å². The van der Waals surface area contributed by atoms with E-state index >= 15 is 0 Å². The van der Waals surface area contributed by atoms with Gasteiger partial charge >= 0.3 is 0 Å². The highest BCUT2D eigenvalue weighted by molar-refractivity contribution is 6.28. The van der Waals surface area contributed by atoms with Crippen molar-refractivity contribution in [2.75, 3.05) is 34.2 Å². The Kier molecular flexibility index (Phi) is 4.25. The van der Waals surface area contributed by atoms with Crippen molar-refractivity contribution in [2.24, 2.45) is 0 Å². The van der Waals surface area contributed by atoms with E-state index < -0.39 is 12.2 Å². The molecular weight excluding hydrogens is 321 g/mol. The average Bonchev–Trinajstić information content (AvgIpc) is 2.85. The Morgan fingerprint density at radius 2 is 2.22 bits per heavy atom. The average molecular weight is 340 g/mol. The van der Waals surface area contributed by atoms with E-state index in [0.29, 0.717) is 29.7 Å². The van der Waals surface area contributed by atoms with E-state index in [1.165, 1.54) is 4.90 Å². The molecule has 0 aliphatic carbocycles. The summed E-state index contributed by atoms with van der Waals surface area (Å²) >= 11 is 5.91. The molecule has 2 aromatic rings. The minimum absolute atomic E-state index is 0.0871. The van der Waals surface area contributed by atoms with Gasteiger partial charge in [0.15, 0.2) is 0 Å². The summed E-state index contributed by atoms with van der Waals surface area (Å²) in [4.78, 5) is 24.1. The van der Waals surface area contributed by atoms with Crippen molar-refractivity contribution >= 4 is 28.5 Å². The number of nitrogens with zero attached hydrogens (tertiary/aromatic N) is 5. The molecule has 0 radical (unpaired) electrons. The minimum Gasteiger partial charge on any atom is -0.343 e. The Hall–Kier alpha value is -1.73. The van der Waals surface area contributed by atoms with Gasteiger partial charge in [-0.15, -0.1) is 0 Å². The number of fused-ring (bicyclic) bond motifs is 1. The third kappa shape index (κ3) is 2.90. The van der Waals surface area contributed by atoms with Gasteiger partial charge in [0.25, 0.3) is 5.91 Å². The van der Waals surface area contributed by atoms with Crippen LogP contribution >= 0.6 is 11.6 Å². The molecule has 3 rings (SSSR count). The molecule has 0 N–H and O–H groups in total. The first-order chi connectivity index (χ1) is 10.9. The van der Waals surface area contributed by atoms with E-state index in [9.17, 15) is 9.18 Å². The van der Waals surface area contributed by atoms with Gasteiger partial charge in [0.05, 0.1) is 6.04 Å². The van der Waals surface area contributed by atoms with Gasteiger partial charge in [-0.2, -0.15) is 4.98 Å². The van der Waals surface area contributed by atoms with Crippen LogP contribution in [0.2, 0.25) is 5.28 Å². The molecule has 2 aromatic heterocycles. The molecule has 0 saturated carbocycles. The van der Waals surface area contributed by atoms with Gasteiger partial charge in [-0.1, -0.05) is 0 Å². The summed E-state index contributed by atoms with van der Waals surface area (Å²) in [6.45, 7) is 1.10. The van der Waals surface area contributed by atoms with Crippen LogP contribution in [0.5, 0.6) is 0 Å². The van der Waals surface area contributed by atoms with Gasteiger partial charge < -0.3 is 14.4 Å². The van der Waals surface area contributed by atoms with Crippen LogP contribution < -0.4 is 0 Å². The molecule has 124 valence electrons. The second-order valence-electron chi connectivity index (χ2n) is 6.15. The molecule has 2 atom stereocenters. The number of hydrogen-bond donors (Lipinski definition) is 0. The first-order valence-corrected chi connectivity index (χ1v) is 7.84. The summed E-state index contributed by atoms with van der Waals surface area (Å²) in [6, 6.07) is 1.27. The van der Waals surface area contributed by atoms with Crippen molar-refractivity contribution in [3.63, 3.8) is 0 Å². The van der Waals surface area contributed by atoms with Gasteiger partial charge in [0.1, 0.15) is 17.5 Å². The van der Waals surface area contributed by atoms with E-state index in [1.54, 1.807) is 30.9 Å². The smallest absolute Gasteiger partial charge is 0.270 e. The Morgan fingerprint density at radius 3 is 2.87 bits per heavy atom. The predicted molar refractivity (Wildman–Crippen MR) is 86.6 cm³/mol. The standard InChI is InChI=1S/C15H19ClFN5O/c1-20(2)14(23)12-6-9-7-18-15(16)19-13(9)22(12)11-4-5-21(3)8-10(11)17/h6-7,10-11H,4-5,8H2,1-3H3/t10-,11+/m0/s1. The van der Waals surface area contributed by atoms with Crippen LogP contribution in [-0.2, 0) is 0 Å². The van der Waals surface area contributed by atoms with Crippen LogP contribution in [0.4, 0.5) is 4.39 Å². The predicted octanol–water partition coefficient (Wildman–Crippen LogP) is 2.00. The van der Waals surface area contributed by atoms with Crippen molar-refractivity contribution in [3.8, 4) is 0 Å². The van der Waals surface area contributed by atoms with Crippen LogP contribution in [0.25, 0.3) is 11.0 Å². The zero-order valence-electron chi connectivity index (χ0n) is 13.3. The fraction of sp³-hybridized carbons (Fsp3) is 0.533. The van der Waals surface area contributed by atoms with Gasteiger partial charge in [0, 0.05) is 38.8 Å². The quantitative estimate of drug-likeness (QED) is 0.785. The third-order valence-corrected chi connectivity index (χ3v) is 4.40. The van der Waals surface area contributed by atoms with E-state index in [0.717, 1.165) is 6.54 Å². The number of hydrogen-bond acceptors (Lipinski definition) is 4. The molecule has 0 bridgehead atoms. The fourth-order valence-electron chi connectivity index (χ4n) is 3.05. The molecular formula is C15H19ClFN5O. The molecule has 8 heteroatoms. The highest BCUT2D eigenvalue weighted by Crippen LogP contribution is 2.31. The molecule has 23 heavy (non-hydrogen) atoms. The number of alkyl halides is 1. The lowest BCUT2D eigenvalue weighted by atomic mass is 10.0. The van der Waals surface area contributed by atoms with Crippen molar-refractivity contribution < 1.29 is 9.18 Å². The monoisotopic (exact) mass is 339 g/mol. The third-order valence-electron chi connectivity index (χ3n) is 4.21. The second kappa shape index (κ2) is 6.05. The molecule has 0 aromatic carbocycles. The van der Waals surface area contributed by atoms with Crippen molar-refractivity contribution in [3.05, 3.63) is 23.2 Å². The largest absolute Gasteiger partial charge is 0.343 e. The van der Waals surface area contributed by atoms with E-state index in [4.69, 9.17) is 11.6 Å². The highest BCUT2D eigenvalue weighted by Gasteiger charge is 2.33. The van der Waals surface area contributed by atoms with Crippen molar-refractivity contribution in [1.29, 1.82) is 0 Å². The summed E-state index contributed by atoms with van der Waals surface area (Å²) in [5.74, 6) is -0.190. The molecule has 1 aliphatic heterocycles. The maximum absolute atomic E-state index is 14.7. The topological polar surface area (TPSA) is 54.3 Å². The first kappa shape index (κ1) is 16.1. The number of piperidine rings is 1. The molecule has 1 amide bonds. The number of halogens is 2. The van der Waals surface area contributed by atoms with Crippen LogP contribution in [0.1, 0.15) is 23.0 Å². The van der Waals surface area contributed by atoms with Crippen LogP contribution in [-0.4, -0.2) is 70.6 Å². The number of amides is 1. The Morgan fingerprint density at radius 1 is 1.48 bits per heavy atom. The number of rotatable bonds is 2. The van der Waals surface area contributed by atoms with Gasteiger partial charge in [-0.3, -0.25) is 4.79 Å². The lowest BCUT2D eigenvalue weighted by Gasteiger charge is -2.34. The van der Waals surface area contributed by atoms with E-state index in [1.807, 2.05) is 11.9 Å². The summed E-state index contributed by atoms with van der Waals surface area (Å²) in [5, 5.41) is 0.773. The second-order valence-corrected chi connectivity index (χ2v) is 6.49. The Bertz CT molecular complexity index is 747. The molecule has 1 aliphatic rings. The van der Waals surface area contributed by atoms with Crippen LogP contribution in [0, 0.1) is 0 Å². The molecule has 3 heterocycles. The Balaban J connectivity index is 2.17. The SMILES string of the molecule is CN1CC[C@@H](n2c(C(=O)N(C)C)cc3cnc(Cl)nc32)[C@@H](F)C1. The number of likely N-dealkylation sites (tertiary alicyclic amines) is 1. The first-order valence-electron chi connectivity index (χ1n) is 7.46. The molecule has 6 nitrogen and oxygen atoms in total. The summed E-state index contributed by atoms with van der Waals surface area (Å²) in [7, 11) is 5.23. The van der Waals surface area contributed by atoms with Gasteiger partial charge in [-0.25, -0.2) is 9.37 Å². The maximum Gasteiger partial charge on any atom is 0.270 e. The molecule has 0 spiro atoms. The Labute approximate surface area is 138 Å². The zero-order valence-corrected chi connectivity index (χ0v) is 14.1. The number of carbonyl (C=O) groups is 1. The van der Waals surface area contributed by atoms with Gasteiger partial charge in [0.2, 0.25) is 5.28 Å². The zero-order chi connectivity index (χ0) is 16.7. The molecule has 0 unspecified atom stereocenters. The fourth-order valence-corrected chi connectivity index (χ4v) is 3.18.